The highest BCUT2D eigenvalue weighted by molar-refractivity contribution is 5.22. The van der Waals surface area contributed by atoms with Crippen LogP contribution in [0.4, 0.5) is 0 Å². The lowest BCUT2D eigenvalue weighted by atomic mass is 9.78. The molecule has 0 saturated heterocycles. The molecule has 0 spiro atoms. The summed E-state index contributed by atoms with van der Waals surface area (Å²) >= 11 is 0. The maximum absolute atomic E-state index is 2.32. The molecule has 0 N–H and O–H groups in total. The van der Waals surface area contributed by atoms with Gasteiger partial charge in [0.1, 0.15) is 0 Å². The summed E-state index contributed by atoms with van der Waals surface area (Å²) in [5, 5.41) is 0. The SMILES string of the molecule is CC1(Cc2ccccc2)C=CC=CC1. The molecule has 1 aliphatic rings. The van der Waals surface area contributed by atoms with Crippen LogP contribution in [0, 0.1) is 5.41 Å². The van der Waals surface area contributed by atoms with Crippen molar-refractivity contribution in [1.29, 1.82) is 0 Å². The van der Waals surface area contributed by atoms with E-state index in [0.29, 0.717) is 5.41 Å². The molecule has 1 aromatic rings. The van der Waals surface area contributed by atoms with E-state index in [0.717, 1.165) is 12.8 Å². The van der Waals surface area contributed by atoms with Crippen molar-refractivity contribution in [3.63, 3.8) is 0 Å². The first-order chi connectivity index (χ1) is 6.79. The van der Waals surface area contributed by atoms with E-state index < -0.39 is 0 Å². The Morgan fingerprint density at radius 1 is 1.14 bits per heavy atom. The average Bonchev–Trinajstić information content (AvgIpc) is 2.19. The van der Waals surface area contributed by atoms with Crippen molar-refractivity contribution < 1.29 is 0 Å². The van der Waals surface area contributed by atoms with Gasteiger partial charge in [-0.1, -0.05) is 61.6 Å². The third-order valence-electron chi connectivity index (χ3n) is 2.78. The first-order valence-corrected chi connectivity index (χ1v) is 5.17. The predicted octanol–water partition coefficient (Wildman–Crippen LogP) is 3.75. The molecule has 72 valence electrons. The van der Waals surface area contributed by atoms with Crippen molar-refractivity contribution in [2.45, 2.75) is 19.8 Å². The second-order valence-electron chi connectivity index (χ2n) is 4.31. The highest BCUT2D eigenvalue weighted by atomic mass is 14.2. The van der Waals surface area contributed by atoms with Crippen molar-refractivity contribution in [2.24, 2.45) is 5.41 Å². The maximum atomic E-state index is 2.32. The average molecular weight is 184 g/mol. The highest BCUT2D eigenvalue weighted by Gasteiger charge is 2.20. The van der Waals surface area contributed by atoms with Crippen LogP contribution in [-0.2, 0) is 6.42 Å². The molecule has 0 heteroatoms. The van der Waals surface area contributed by atoms with Gasteiger partial charge in [-0.15, -0.1) is 0 Å². The standard InChI is InChI=1S/C14H16/c1-14(10-6-3-7-11-14)12-13-8-4-2-5-9-13/h2-10H,11-12H2,1H3. The topological polar surface area (TPSA) is 0 Å². The minimum Gasteiger partial charge on any atom is -0.0837 e. The van der Waals surface area contributed by atoms with E-state index in [1.54, 1.807) is 0 Å². The van der Waals surface area contributed by atoms with Crippen LogP contribution in [0.2, 0.25) is 0 Å². The Morgan fingerprint density at radius 2 is 1.93 bits per heavy atom. The third-order valence-corrected chi connectivity index (χ3v) is 2.78. The molecular weight excluding hydrogens is 168 g/mol. The van der Waals surface area contributed by atoms with Gasteiger partial charge < -0.3 is 0 Å². The molecule has 0 saturated carbocycles. The normalized spacial score (nSPS) is 25.2. The number of benzene rings is 1. The van der Waals surface area contributed by atoms with Crippen molar-refractivity contribution in [3.8, 4) is 0 Å². The lowest BCUT2D eigenvalue weighted by Crippen LogP contribution is -2.17. The van der Waals surface area contributed by atoms with Crippen molar-refractivity contribution in [3.05, 3.63) is 60.2 Å². The van der Waals surface area contributed by atoms with Crippen molar-refractivity contribution >= 4 is 0 Å². The van der Waals surface area contributed by atoms with Crippen LogP contribution in [0.3, 0.4) is 0 Å². The fourth-order valence-corrected chi connectivity index (χ4v) is 1.97. The van der Waals surface area contributed by atoms with Gasteiger partial charge in [0, 0.05) is 0 Å². The monoisotopic (exact) mass is 184 g/mol. The summed E-state index contributed by atoms with van der Waals surface area (Å²) in [6, 6.07) is 10.7. The van der Waals surface area contributed by atoms with Crippen LogP contribution in [-0.4, -0.2) is 0 Å². The fraction of sp³-hybridized carbons (Fsp3) is 0.286. The number of hydrogen-bond acceptors (Lipinski definition) is 0. The summed E-state index contributed by atoms with van der Waals surface area (Å²) in [6.45, 7) is 2.32. The zero-order valence-corrected chi connectivity index (χ0v) is 8.61. The van der Waals surface area contributed by atoms with Crippen molar-refractivity contribution in [2.75, 3.05) is 0 Å². The number of rotatable bonds is 2. The van der Waals surface area contributed by atoms with Gasteiger partial charge in [-0.2, -0.15) is 0 Å². The Labute approximate surface area is 86.0 Å². The van der Waals surface area contributed by atoms with Gasteiger partial charge in [0.25, 0.3) is 0 Å². The molecular formula is C14H16. The van der Waals surface area contributed by atoms with Crippen LogP contribution in [0.15, 0.2) is 54.6 Å². The molecule has 1 aromatic carbocycles. The molecule has 0 heterocycles. The van der Waals surface area contributed by atoms with Gasteiger partial charge in [-0.05, 0) is 23.8 Å². The molecule has 0 aliphatic heterocycles. The molecule has 0 radical (unpaired) electrons. The lowest BCUT2D eigenvalue weighted by Gasteiger charge is -2.26. The van der Waals surface area contributed by atoms with E-state index in [2.05, 4.69) is 61.6 Å². The second kappa shape index (κ2) is 3.83. The molecule has 0 amide bonds. The van der Waals surface area contributed by atoms with Gasteiger partial charge in [0.15, 0.2) is 0 Å². The largest absolute Gasteiger partial charge is 0.0837 e. The molecule has 0 nitrogen and oxygen atoms in total. The number of allylic oxidation sites excluding steroid dienone is 4. The molecule has 1 unspecified atom stereocenters. The Morgan fingerprint density at radius 3 is 2.57 bits per heavy atom. The molecule has 14 heavy (non-hydrogen) atoms. The zero-order chi connectivity index (χ0) is 9.86. The summed E-state index contributed by atoms with van der Waals surface area (Å²) in [4.78, 5) is 0. The minimum absolute atomic E-state index is 0.316. The smallest absolute Gasteiger partial charge is 0.00685 e. The molecule has 0 bridgehead atoms. The molecule has 1 aliphatic carbocycles. The van der Waals surface area contributed by atoms with Gasteiger partial charge in [-0.25, -0.2) is 0 Å². The highest BCUT2D eigenvalue weighted by Crippen LogP contribution is 2.31. The minimum atomic E-state index is 0.316. The van der Waals surface area contributed by atoms with Crippen LogP contribution in [0.1, 0.15) is 18.9 Å². The van der Waals surface area contributed by atoms with E-state index in [4.69, 9.17) is 0 Å². The summed E-state index contributed by atoms with van der Waals surface area (Å²) in [5.74, 6) is 0. The first-order valence-electron chi connectivity index (χ1n) is 5.17. The quantitative estimate of drug-likeness (QED) is 0.656. The van der Waals surface area contributed by atoms with Gasteiger partial charge in [0.2, 0.25) is 0 Å². The van der Waals surface area contributed by atoms with Crippen LogP contribution in [0.5, 0.6) is 0 Å². The van der Waals surface area contributed by atoms with E-state index >= 15 is 0 Å². The zero-order valence-electron chi connectivity index (χ0n) is 8.61. The fourth-order valence-electron chi connectivity index (χ4n) is 1.97. The van der Waals surface area contributed by atoms with Gasteiger partial charge in [-0.3, -0.25) is 0 Å². The van der Waals surface area contributed by atoms with Gasteiger partial charge in [0.05, 0.1) is 0 Å². The second-order valence-corrected chi connectivity index (χ2v) is 4.31. The Hall–Kier alpha value is -1.30. The lowest BCUT2D eigenvalue weighted by molar-refractivity contribution is 0.427. The number of hydrogen-bond donors (Lipinski definition) is 0. The molecule has 1 atom stereocenters. The maximum Gasteiger partial charge on any atom is -0.00685 e. The van der Waals surface area contributed by atoms with Crippen LogP contribution < -0.4 is 0 Å². The Balaban J connectivity index is 2.11. The van der Waals surface area contributed by atoms with Crippen LogP contribution in [0.25, 0.3) is 0 Å². The first kappa shape index (κ1) is 9.26. The van der Waals surface area contributed by atoms with E-state index in [9.17, 15) is 0 Å². The molecule has 0 aromatic heterocycles. The summed E-state index contributed by atoms with van der Waals surface area (Å²) < 4.78 is 0. The van der Waals surface area contributed by atoms with Crippen molar-refractivity contribution in [1.82, 2.24) is 0 Å². The van der Waals surface area contributed by atoms with E-state index in [1.165, 1.54) is 5.56 Å². The summed E-state index contributed by atoms with van der Waals surface area (Å²) in [6.07, 6.45) is 11.1. The Bertz CT molecular complexity index is 346. The Kier molecular flexibility index (Phi) is 2.53. The predicted molar refractivity (Wildman–Crippen MR) is 61.2 cm³/mol. The van der Waals surface area contributed by atoms with Crippen LogP contribution >= 0.6 is 0 Å². The van der Waals surface area contributed by atoms with E-state index in [1.807, 2.05) is 0 Å². The molecule has 2 rings (SSSR count). The summed E-state index contributed by atoms with van der Waals surface area (Å²) in [7, 11) is 0. The third kappa shape index (κ3) is 2.14. The van der Waals surface area contributed by atoms with E-state index in [-0.39, 0.29) is 0 Å². The van der Waals surface area contributed by atoms with Gasteiger partial charge >= 0.3 is 0 Å². The summed E-state index contributed by atoms with van der Waals surface area (Å²) in [5.41, 5.74) is 1.74. The molecule has 0 fully saturated rings.